The van der Waals surface area contributed by atoms with Gasteiger partial charge in [-0.15, -0.1) is 0 Å². The van der Waals surface area contributed by atoms with Gasteiger partial charge in [0.05, 0.1) is 24.7 Å². The molecule has 2 aromatic carbocycles. The van der Waals surface area contributed by atoms with Crippen molar-refractivity contribution < 1.29 is 33.3 Å². The van der Waals surface area contributed by atoms with Crippen LogP contribution < -0.4 is 0 Å². The fraction of sp³-hybridized carbons (Fsp3) is 0.471. The maximum Gasteiger partial charge on any atom is 0.309 e. The fourth-order valence-corrected chi connectivity index (χ4v) is 5.36. The Morgan fingerprint density at radius 1 is 1.05 bits per heavy atom. The van der Waals surface area contributed by atoms with E-state index in [1.165, 1.54) is 6.08 Å². The smallest absolute Gasteiger partial charge is 0.309 e. The number of halogens is 2. The molecule has 0 spiro atoms. The minimum Gasteiger partial charge on any atom is -0.481 e. The van der Waals surface area contributed by atoms with Crippen LogP contribution in [0.25, 0.3) is 0 Å². The number of aliphatic carboxylic acids is 1. The zero-order chi connectivity index (χ0) is 29.7. The molecule has 2 N–H and O–H groups in total. The van der Waals surface area contributed by atoms with Crippen LogP contribution in [-0.2, 0) is 27.4 Å². The zero-order valence-corrected chi connectivity index (χ0v) is 23.7. The molecule has 0 aromatic heterocycles. The van der Waals surface area contributed by atoms with Gasteiger partial charge in [0.1, 0.15) is 0 Å². The van der Waals surface area contributed by atoms with Gasteiger partial charge >= 0.3 is 11.9 Å². The van der Waals surface area contributed by atoms with Crippen molar-refractivity contribution in [1.29, 1.82) is 0 Å². The molecule has 0 heterocycles. The van der Waals surface area contributed by atoms with Crippen LogP contribution in [-0.4, -0.2) is 40.1 Å². The average Bonchev–Trinajstić information content (AvgIpc) is 3.27. The summed E-state index contributed by atoms with van der Waals surface area (Å²) in [6.45, 7) is 2.11. The summed E-state index contributed by atoms with van der Waals surface area (Å²) in [7, 11) is 0. The third-order valence-electron chi connectivity index (χ3n) is 7.80. The second kappa shape index (κ2) is 16.3. The summed E-state index contributed by atoms with van der Waals surface area (Å²) in [5, 5.41) is 20.5. The molecule has 1 unspecified atom stereocenters. The second-order valence-electron chi connectivity index (χ2n) is 10.9. The van der Waals surface area contributed by atoms with Crippen LogP contribution in [0.3, 0.4) is 0 Å². The van der Waals surface area contributed by atoms with Crippen LogP contribution in [0.15, 0.2) is 85.0 Å². The molecule has 41 heavy (non-hydrogen) atoms. The third kappa shape index (κ3) is 10.3. The Balaban J connectivity index is 1.65. The highest BCUT2D eigenvalue weighted by molar-refractivity contribution is 5.95. The lowest BCUT2D eigenvalue weighted by Crippen LogP contribution is -2.28. The number of rotatable bonds is 17. The maximum atomic E-state index is 14.3. The number of unbranched alkanes of at least 4 members (excludes halogenated alkanes) is 1. The lowest BCUT2D eigenvalue weighted by molar-refractivity contribution is -0.142. The minimum absolute atomic E-state index is 0.263. The number of ketones is 1. The number of carbonyl (C=O) groups excluding carboxylic acids is 1. The first-order valence-corrected chi connectivity index (χ1v) is 14.6. The molecule has 0 aliphatic heterocycles. The molecule has 7 heteroatoms. The number of alkyl halides is 2. The number of benzene rings is 2. The Kier molecular flexibility index (Phi) is 12.9. The first kappa shape index (κ1) is 32.4. The summed E-state index contributed by atoms with van der Waals surface area (Å²) >= 11 is 0. The van der Waals surface area contributed by atoms with E-state index in [4.69, 9.17) is 4.74 Å². The van der Waals surface area contributed by atoms with Gasteiger partial charge in [0.25, 0.3) is 0 Å². The maximum absolute atomic E-state index is 14.3. The quantitative estimate of drug-likeness (QED) is 0.156. The Morgan fingerprint density at radius 2 is 1.71 bits per heavy atom. The highest BCUT2D eigenvalue weighted by atomic mass is 19.3. The van der Waals surface area contributed by atoms with Crippen molar-refractivity contribution in [2.24, 2.45) is 17.8 Å². The summed E-state index contributed by atoms with van der Waals surface area (Å²) in [5.41, 5.74) is 1.93. The highest BCUT2D eigenvalue weighted by Crippen LogP contribution is 2.39. The topological polar surface area (TPSA) is 83.8 Å². The average molecular weight is 569 g/mol. The van der Waals surface area contributed by atoms with Gasteiger partial charge in [-0.25, -0.2) is 0 Å². The Hall–Kier alpha value is -3.16. The van der Waals surface area contributed by atoms with Gasteiger partial charge in [-0.2, -0.15) is 8.78 Å². The zero-order valence-electron chi connectivity index (χ0n) is 23.7. The van der Waals surface area contributed by atoms with Gasteiger partial charge in [-0.1, -0.05) is 92.2 Å². The molecule has 1 aliphatic carbocycles. The number of carboxylic acids is 1. The van der Waals surface area contributed by atoms with Gasteiger partial charge in [0.2, 0.25) is 5.78 Å². The minimum atomic E-state index is -3.42. The summed E-state index contributed by atoms with van der Waals surface area (Å²) in [4.78, 5) is 24.1. The molecule has 0 saturated heterocycles. The van der Waals surface area contributed by atoms with Crippen LogP contribution in [0, 0.1) is 17.8 Å². The van der Waals surface area contributed by atoms with E-state index in [1.54, 1.807) is 6.92 Å². The van der Waals surface area contributed by atoms with Gasteiger partial charge in [-0.3, -0.25) is 9.59 Å². The van der Waals surface area contributed by atoms with E-state index in [0.29, 0.717) is 45.1 Å². The van der Waals surface area contributed by atoms with Crippen molar-refractivity contribution in [1.82, 2.24) is 0 Å². The molecule has 0 bridgehead atoms. The molecule has 5 nitrogen and oxygen atoms in total. The number of carboxylic acid groups (broad SMARTS) is 1. The van der Waals surface area contributed by atoms with Crippen molar-refractivity contribution in [3.63, 3.8) is 0 Å². The van der Waals surface area contributed by atoms with Crippen molar-refractivity contribution in [2.75, 3.05) is 0 Å². The number of hydrogen-bond donors (Lipinski definition) is 2. The summed E-state index contributed by atoms with van der Waals surface area (Å²) in [6, 6.07) is 19.1. The molecule has 0 radical (unpaired) electrons. The monoisotopic (exact) mass is 568 g/mol. The van der Waals surface area contributed by atoms with Crippen LogP contribution in [0.2, 0.25) is 0 Å². The first-order valence-electron chi connectivity index (χ1n) is 14.6. The molecule has 2 aromatic rings. The number of ether oxygens (including phenoxy) is 1. The van der Waals surface area contributed by atoms with Gasteiger partial charge in [0.15, 0.2) is 0 Å². The molecule has 5 atom stereocenters. The molecule has 222 valence electrons. The molecule has 0 amide bonds. The predicted molar refractivity (Wildman–Crippen MR) is 156 cm³/mol. The van der Waals surface area contributed by atoms with E-state index < -0.39 is 48.1 Å². The summed E-state index contributed by atoms with van der Waals surface area (Å²) in [6.07, 6.45) is 7.75. The number of carbonyl (C=O) groups is 2. The summed E-state index contributed by atoms with van der Waals surface area (Å²) < 4.78 is 34.8. The standard InChI is InChI=1S/C34H42F2O5/c1-2-3-21-34(35,36)32(38)20-19-29-28(30(37)23-31(29)41-24-26-15-9-5-10-16-26)18-12-6-11-17-27(33(39)40)22-25-13-7-4-8-14-25/h4-10,12-16,19-20,27-31,37H,2-3,11,17-18,21-24H2,1H3,(H,39,40)/t27?,28-,29-,30+,31-/m1/s1. The van der Waals surface area contributed by atoms with Crippen molar-refractivity contribution in [3.8, 4) is 0 Å². The molecular weight excluding hydrogens is 526 g/mol. The van der Waals surface area contributed by atoms with Crippen molar-refractivity contribution in [2.45, 2.75) is 83.0 Å². The van der Waals surface area contributed by atoms with E-state index in [-0.39, 0.29) is 12.3 Å². The number of hydrogen-bond acceptors (Lipinski definition) is 4. The Labute approximate surface area is 241 Å². The van der Waals surface area contributed by atoms with Crippen molar-refractivity contribution >= 4 is 11.8 Å². The molecule has 1 fully saturated rings. The van der Waals surface area contributed by atoms with E-state index in [9.17, 15) is 28.6 Å². The first-order chi connectivity index (χ1) is 19.7. The molecular formula is C34H42F2O5. The van der Waals surface area contributed by atoms with Crippen LogP contribution in [0.4, 0.5) is 8.78 Å². The van der Waals surface area contributed by atoms with E-state index in [2.05, 4.69) is 0 Å². The van der Waals surface area contributed by atoms with E-state index in [1.807, 2.05) is 72.8 Å². The second-order valence-corrected chi connectivity index (χ2v) is 10.9. The number of allylic oxidation sites excluding steroid dienone is 3. The van der Waals surface area contributed by atoms with Crippen molar-refractivity contribution in [3.05, 3.63) is 96.1 Å². The molecule has 3 rings (SSSR count). The highest BCUT2D eigenvalue weighted by Gasteiger charge is 2.42. The lowest BCUT2D eigenvalue weighted by Gasteiger charge is -2.22. The predicted octanol–water partition coefficient (Wildman–Crippen LogP) is 7.19. The SMILES string of the molecule is CCCCC(F)(F)C(=O)C=C[C@@H]1[C@@H](CC=CCCC(Cc2ccccc2)C(=O)O)[C@@H](O)C[C@H]1OCc1ccccc1. The van der Waals surface area contributed by atoms with Crippen LogP contribution in [0.1, 0.15) is 63.0 Å². The number of aliphatic hydroxyl groups excluding tert-OH is 1. The van der Waals surface area contributed by atoms with Gasteiger partial charge in [0, 0.05) is 18.8 Å². The lowest BCUT2D eigenvalue weighted by atomic mass is 9.89. The van der Waals surface area contributed by atoms with Gasteiger partial charge in [-0.05, 0) is 55.2 Å². The molecule has 1 aliphatic rings. The Morgan fingerprint density at radius 3 is 2.34 bits per heavy atom. The fourth-order valence-electron chi connectivity index (χ4n) is 5.36. The van der Waals surface area contributed by atoms with Crippen LogP contribution in [0.5, 0.6) is 0 Å². The normalized spacial score (nSPS) is 22.0. The number of aliphatic hydroxyl groups is 1. The van der Waals surface area contributed by atoms with Crippen LogP contribution >= 0.6 is 0 Å². The molecule has 1 saturated carbocycles. The Bertz CT molecular complexity index is 1130. The van der Waals surface area contributed by atoms with E-state index >= 15 is 0 Å². The van der Waals surface area contributed by atoms with E-state index in [0.717, 1.165) is 17.2 Å². The summed E-state index contributed by atoms with van der Waals surface area (Å²) in [5.74, 6) is -6.72. The largest absolute Gasteiger partial charge is 0.481 e. The van der Waals surface area contributed by atoms with Gasteiger partial charge < -0.3 is 14.9 Å². The third-order valence-corrected chi connectivity index (χ3v) is 7.80.